The van der Waals surface area contributed by atoms with Gasteiger partial charge in [0.15, 0.2) is 11.6 Å². The number of carbonyl (C=O) groups is 2. The molecule has 18 heteroatoms. The number of aliphatic hydroxyl groups is 2. The summed E-state index contributed by atoms with van der Waals surface area (Å²) in [6.07, 6.45) is 1.10. The minimum Gasteiger partial charge on any atom is -0.466 e. The molecule has 0 radical (unpaired) electrons. The molecule has 0 bridgehead atoms. The van der Waals surface area contributed by atoms with Crippen LogP contribution in [0.5, 0.6) is 0 Å². The second-order valence-corrected chi connectivity index (χ2v) is 13.5. The molecular formula is C43H62F4N3O10Pd-. The molecule has 2 fully saturated rings. The van der Waals surface area contributed by atoms with Crippen molar-refractivity contribution in [2.24, 2.45) is 0 Å². The van der Waals surface area contributed by atoms with Crippen molar-refractivity contribution in [3.8, 4) is 0 Å². The van der Waals surface area contributed by atoms with Crippen LogP contribution in [0.2, 0.25) is 0 Å². The number of halogens is 4. The molecule has 0 aromatic heterocycles. The number of nitrogens with zero attached hydrogens (tertiary/aromatic N) is 3. The molecule has 2 heterocycles. The number of hydrogen-bond acceptors (Lipinski definition) is 12. The summed E-state index contributed by atoms with van der Waals surface area (Å²) in [6, 6.07) is 12.9. The number of nitro groups is 1. The molecule has 0 aliphatic carbocycles. The summed E-state index contributed by atoms with van der Waals surface area (Å²) in [5, 5.41) is 31.1. The molecule has 3 aromatic rings. The van der Waals surface area contributed by atoms with Crippen molar-refractivity contribution >= 4 is 29.0 Å². The average Bonchev–Trinajstić information content (AvgIpc) is 3.17. The average molecular weight is 963 g/mol. The predicted octanol–water partition coefficient (Wildman–Crippen LogP) is 7.76. The Bertz CT molecular complexity index is 1720. The van der Waals surface area contributed by atoms with Crippen molar-refractivity contribution in [2.75, 3.05) is 70.0 Å². The van der Waals surface area contributed by atoms with Gasteiger partial charge in [-0.2, -0.15) is 0 Å². The van der Waals surface area contributed by atoms with Crippen molar-refractivity contribution in [3.63, 3.8) is 0 Å². The third kappa shape index (κ3) is 19.2. The predicted molar refractivity (Wildman–Crippen MR) is 223 cm³/mol. The summed E-state index contributed by atoms with van der Waals surface area (Å²) in [5.41, 5.74) is -1.96. The van der Waals surface area contributed by atoms with Crippen LogP contribution >= 0.6 is 0 Å². The van der Waals surface area contributed by atoms with Crippen molar-refractivity contribution in [1.82, 2.24) is 0 Å². The van der Waals surface area contributed by atoms with Gasteiger partial charge in [-0.3, -0.25) is 19.7 Å². The van der Waals surface area contributed by atoms with Crippen molar-refractivity contribution in [1.29, 1.82) is 0 Å². The Morgan fingerprint density at radius 2 is 1.15 bits per heavy atom. The molecule has 0 unspecified atom stereocenters. The smallest absolute Gasteiger partial charge is 0.310 e. The zero-order valence-electron chi connectivity index (χ0n) is 35.2. The summed E-state index contributed by atoms with van der Waals surface area (Å²) in [6.45, 7) is 9.22. The molecule has 0 saturated carbocycles. The third-order valence-corrected chi connectivity index (χ3v) is 9.07. The summed E-state index contributed by atoms with van der Waals surface area (Å²) < 4.78 is 76.6. The molecule has 0 atom stereocenters. The van der Waals surface area contributed by atoms with Gasteiger partial charge in [-0.1, -0.05) is 51.6 Å². The van der Waals surface area contributed by atoms with E-state index in [0.717, 1.165) is 17.7 Å². The molecule has 0 amide bonds. The molecule has 3 aromatic carbocycles. The number of carbonyl (C=O) groups excluding carboxylic acids is 2. The van der Waals surface area contributed by atoms with Crippen molar-refractivity contribution in [3.05, 3.63) is 107 Å². The number of methoxy groups -OCH3 is 2. The fraction of sp³-hybridized carbons (Fsp3) is 0.512. The molecule has 0 spiro atoms. The zero-order valence-corrected chi connectivity index (χ0v) is 36.8. The fourth-order valence-electron chi connectivity index (χ4n) is 6.26. The maximum atomic E-state index is 14.6. The number of esters is 2. The van der Waals surface area contributed by atoms with Crippen LogP contribution in [0.15, 0.2) is 54.6 Å². The van der Waals surface area contributed by atoms with Gasteiger partial charge in [0.1, 0.15) is 29.6 Å². The monoisotopic (exact) mass is 962 g/mol. The zero-order chi connectivity index (χ0) is 43.5. The van der Waals surface area contributed by atoms with Crippen LogP contribution in [0.1, 0.15) is 71.9 Å². The maximum absolute atomic E-state index is 14.6. The molecule has 13 nitrogen and oxygen atoms in total. The molecule has 2 saturated heterocycles. The van der Waals surface area contributed by atoms with E-state index in [4.69, 9.17) is 14.2 Å². The quantitative estimate of drug-likeness (QED) is 0.0454. The first-order valence-electron chi connectivity index (χ1n) is 18.9. The number of anilines is 2. The number of ether oxygens (including phenoxy) is 4. The van der Waals surface area contributed by atoms with E-state index in [1.54, 1.807) is 11.8 Å². The van der Waals surface area contributed by atoms with Crippen LogP contribution in [0, 0.1) is 40.8 Å². The van der Waals surface area contributed by atoms with E-state index in [0.29, 0.717) is 57.5 Å². The van der Waals surface area contributed by atoms with Gasteiger partial charge < -0.3 is 46.4 Å². The Balaban J connectivity index is 0. The van der Waals surface area contributed by atoms with Gasteiger partial charge in [0.2, 0.25) is 0 Å². The van der Waals surface area contributed by atoms with Gasteiger partial charge in [0.05, 0.1) is 54.5 Å². The number of benzene rings is 3. The molecule has 348 valence electrons. The van der Waals surface area contributed by atoms with Gasteiger partial charge in [-0.15, -0.1) is 0 Å². The topological polar surface area (TPSA) is 161 Å². The maximum Gasteiger partial charge on any atom is 0.310 e. The number of hydrogen-bond donors (Lipinski definition) is 2. The standard InChI is InChI=1S/C22H25F2NO4.C13H16F2N2O4.C4H8O2.C2H6.CH4.CH3.Pd/c1-28-15-22(27)7-9-25(10-8-22)21-18(23)11-17(12-19(21)24)13-20(26)29-14-16-5-3-2-4-6-16;1-21-8-13(18)2-4-16(5-3-13)12-10(14)6-9(17(19)20)7-11(12)15;1-3-6-4(2)5;1-2;;;/h2-6,11-12,27H,7-10,13-15H2,1H3;6-7,18H,2-5,8H2,1H3;3H2,1-2H3;1-2H3;1H4;1H3;/q;;;;;-1;. The van der Waals surface area contributed by atoms with Crippen LogP contribution in [-0.2, 0) is 62.0 Å². The van der Waals surface area contributed by atoms with E-state index < -0.39 is 51.1 Å². The van der Waals surface area contributed by atoms with E-state index in [1.807, 2.05) is 44.2 Å². The van der Waals surface area contributed by atoms with Crippen LogP contribution in [0.3, 0.4) is 0 Å². The third-order valence-electron chi connectivity index (χ3n) is 9.07. The van der Waals surface area contributed by atoms with Gasteiger partial charge in [0, 0.05) is 67.7 Å². The Kier molecular flexibility index (Phi) is 28.2. The second-order valence-electron chi connectivity index (χ2n) is 13.5. The Morgan fingerprint density at radius 1 is 0.754 bits per heavy atom. The van der Waals surface area contributed by atoms with Crippen LogP contribution < -0.4 is 9.80 Å². The summed E-state index contributed by atoms with van der Waals surface area (Å²) in [5.74, 6) is -4.17. The first-order chi connectivity index (χ1) is 27.5. The number of rotatable bonds is 12. The van der Waals surface area contributed by atoms with Gasteiger partial charge in [-0.25, -0.2) is 17.6 Å². The van der Waals surface area contributed by atoms with Gasteiger partial charge >= 0.3 is 11.9 Å². The SMILES string of the molecule is C.CC.CCOC(C)=O.COCC1(O)CCN(c2c(F)cc(CC(=O)OCc3ccccc3)cc2F)CC1.COCC1(O)CCN(c2c(F)cc([N+](=O)[O-])cc2F)CC1.[CH3-].[Pd]. The number of non-ortho nitro benzene ring substituents is 1. The van der Waals surface area contributed by atoms with E-state index in [1.165, 1.54) is 26.0 Å². The summed E-state index contributed by atoms with van der Waals surface area (Å²) in [7, 11) is 2.98. The largest absolute Gasteiger partial charge is 0.466 e. The van der Waals surface area contributed by atoms with E-state index >= 15 is 0 Å². The van der Waals surface area contributed by atoms with Crippen molar-refractivity contribution in [2.45, 2.75) is 85.0 Å². The molecule has 2 N–H and O–H groups in total. The van der Waals surface area contributed by atoms with Gasteiger partial charge in [-0.05, 0) is 55.9 Å². The summed E-state index contributed by atoms with van der Waals surface area (Å²) in [4.78, 5) is 34.6. The van der Waals surface area contributed by atoms with Crippen molar-refractivity contribution < 1.29 is 81.7 Å². The van der Waals surface area contributed by atoms with Crippen LogP contribution in [0.4, 0.5) is 34.6 Å². The first-order valence-corrected chi connectivity index (χ1v) is 18.9. The van der Waals surface area contributed by atoms with E-state index in [-0.39, 0.29) is 97.5 Å². The Morgan fingerprint density at radius 3 is 1.48 bits per heavy atom. The first kappa shape index (κ1) is 58.9. The number of nitro benzene ring substituents is 1. The Labute approximate surface area is 371 Å². The Hall–Kier alpha value is -4.18. The molecule has 2 aliphatic heterocycles. The molecule has 2 aliphatic rings. The second kappa shape index (κ2) is 29.2. The molecule has 5 rings (SSSR count). The molecular weight excluding hydrogens is 901 g/mol. The fourth-order valence-corrected chi connectivity index (χ4v) is 6.26. The van der Waals surface area contributed by atoms with Crippen LogP contribution in [-0.4, -0.2) is 98.5 Å². The summed E-state index contributed by atoms with van der Waals surface area (Å²) >= 11 is 0. The minimum atomic E-state index is -1.00. The van der Waals surface area contributed by atoms with Crippen LogP contribution in [0.25, 0.3) is 0 Å². The number of piperidine rings is 2. The minimum absolute atomic E-state index is 0. The van der Waals surface area contributed by atoms with E-state index in [9.17, 15) is 47.5 Å². The van der Waals surface area contributed by atoms with E-state index in [2.05, 4.69) is 4.74 Å². The normalized spacial score (nSPS) is 14.6. The van der Waals surface area contributed by atoms with Gasteiger partial charge in [0.25, 0.3) is 5.69 Å². The molecule has 61 heavy (non-hydrogen) atoms.